The van der Waals surface area contributed by atoms with Gasteiger partial charge in [-0.3, -0.25) is 9.78 Å². The van der Waals surface area contributed by atoms with Gasteiger partial charge in [-0.2, -0.15) is 12.6 Å². The maximum absolute atomic E-state index is 11.3. The van der Waals surface area contributed by atoms with E-state index in [1.807, 2.05) is 54.8 Å². The first-order valence-corrected chi connectivity index (χ1v) is 8.36. The Labute approximate surface area is 148 Å². The van der Waals surface area contributed by atoms with E-state index in [0.717, 1.165) is 16.7 Å². The van der Waals surface area contributed by atoms with Crippen molar-refractivity contribution in [2.75, 3.05) is 0 Å². The van der Waals surface area contributed by atoms with Crippen LogP contribution in [0, 0.1) is 0 Å². The molecule has 0 aliphatic carbocycles. The van der Waals surface area contributed by atoms with Crippen LogP contribution in [-0.2, 0) is 10.2 Å². The monoisotopic (exact) mass is 332 g/mol. The molecule has 3 aromatic rings. The molecule has 0 saturated heterocycles. The lowest BCUT2D eigenvalue weighted by molar-refractivity contribution is 0.528. The van der Waals surface area contributed by atoms with Crippen LogP contribution in [0.4, 0.5) is 0 Å². The molecule has 2 nitrogen and oxygen atoms in total. The summed E-state index contributed by atoms with van der Waals surface area (Å²) in [6, 6.07) is 24.5. The molecule has 0 saturated carbocycles. The van der Waals surface area contributed by atoms with Crippen molar-refractivity contribution in [3.8, 4) is 0 Å². The molecule has 0 spiro atoms. The second-order valence-electron chi connectivity index (χ2n) is 5.71. The summed E-state index contributed by atoms with van der Waals surface area (Å²) < 4.78 is 0. The first-order valence-electron chi connectivity index (χ1n) is 7.84. The van der Waals surface area contributed by atoms with Crippen LogP contribution in [0.5, 0.6) is 0 Å². The number of benzene rings is 2. The molecule has 3 rings (SSSR count). The van der Waals surface area contributed by atoms with Gasteiger partial charge in [0.2, 0.25) is 6.29 Å². The van der Waals surface area contributed by atoms with Crippen LogP contribution in [-0.4, -0.2) is 16.5 Å². The Bertz CT molecular complexity index is 678. The van der Waals surface area contributed by atoms with Crippen molar-refractivity contribution in [2.45, 2.75) is 17.1 Å². The molecule has 24 heavy (non-hydrogen) atoms. The van der Waals surface area contributed by atoms with Gasteiger partial charge in [0.05, 0.1) is 5.25 Å². The number of carbonyl (C=O) groups excluding carboxylic acids is 1. The molecule has 1 aromatic heterocycles. The van der Waals surface area contributed by atoms with Gasteiger partial charge >= 0.3 is 0 Å². The summed E-state index contributed by atoms with van der Waals surface area (Å²) in [4.78, 5) is 15.4. The molecule has 1 unspecified atom stereocenters. The summed E-state index contributed by atoms with van der Waals surface area (Å²) in [7, 11) is 0. The fourth-order valence-electron chi connectivity index (χ4n) is 3.27. The second-order valence-corrected chi connectivity index (χ2v) is 6.33. The molecule has 1 heterocycles. The Morgan fingerprint density at radius 2 is 1.29 bits per heavy atom. The predicted molar refractivity (Wildman–Crippen MR) is 100 cm³/mol. The minimum absolute atomic E-state index is 0.477. The zero-order valence-corrected chi connectivity index (χ0v) is 14.1. The summed E-state index contributed by atoms with van der Waals surface area (Å²) in [5, 5.41) is -0.487. The molecular weight excluding hydrogens is 314 g/mol. The van der Waals surface area contributed by atoms with Crippen LogP contribution in [0.2, 0.25) is 0 Å². The lowest BCUT2D eigenvalue weighted by atomic mass is 9.67. The number of nitrogens with zero attached hydrogens (tertiary/aromatic N) is 1. The van der Waals surface area contributed by atoms with Gasteiger partial charge in [-0.15, -0.1) is 0 Å². The molecule has 0 N–H and O–H groups in total. The van der Waals surface area contributed by atoms with E-state index >= 15 is 0 Å². The van der Waals surface area contributed by atoms with E-state index in [0.29, 0.717) is 6.42 Å². The SMILES string of the molecule is O=[C]C(S)CC(c1ccccc1)(c1ccccc1)c1ccncc1. The number of thiol groups is 1. The smallest absolute Gasteiger partial charge is 0.212 e. The minimum atomic E-state index is -0.487. The third kappa shape index (κ3) is 3.13. The summed E-state index contributed by atoms with van der Waals surface area (Å²) in [6.07, 6.45) is 6.13. The summed E-state index contributed by atoms with van der Waals surface area (Å²) in [5.41, 5.74) is 2.85. The first kappa shape index (κ1) is 16.5. The quantitative estimate of drug-likeness (QED) is 0.685. The molecule has 3 heteroatoms. The molecule has 1 atom stereocenters. The van der Waals surface area contributed by atoms with E-state index in [4.69, 9.17) is 0 Å². The number of rotatable bonds is 6. The molecule has 2 aromatic carbocycles. The van der Waals surface area contributed by atoms with E-state index in [2.05, 4.69) is 41.9 Å². The third-order valence-electron chi connectivity index (χ3n) is 4.34. The standard InChI is InChI=1S/C21H18NOS/c23-16-20(24)15-21(17-7-3-1-4-8-17,18-9-5-2-6-10-18)19-11-13-22-14-12-19/h1-14,20,24H,15H2. The van der Waals surface area contributed by atoms with Crippen LogP contribution in [0.1, 0.15) is 23.1 Å². The Hall–Kier alpha value is -2.39. The lowest BCUT2D eigenvalue weighted by Crippen LogP contribution is -2.33. The maximum Gasteiger partial charge on any atom is 0.212 e. The third-order valence-corrected chi connectivity index (χ3v) is 4.63. The van der Waals surface area contributed by atoms with Crippen molar-refractivity contribution >= 4 is 18.9 Å². The molecule has 0 amide bonds. The predicted octanol–water partition coefficient (Wildman–Crippen LogP) is 4.21. The minimum Gasteiger partial charge on any atom is -0.290 e. The molecule has 0 fully saturated rings. The zero-order valence-electron chi connectivity index (χ0n) is 13.2. The summed E-state index contributed by atoms with van der Waals surface area (Å²) >= 11 is 4.43. The Kier molecular flexibility index (Phi) is 5.11. The van der Waals surface area contributed by atoms with Gasteiger partial charge in [0.1, 0.15) is 0 Å². The van der Waals surface area contributed by atoms with Gasteiger partial charge in [0, 0.05) is 17.8 Å². The highest BCUT2D eigenvalue weighted by Crippen LogP contribution is 2.43. The lowest BCUT2D eigenvalue weighted by Gasteiger charge is -2.36. The van der Waals surface area contributed by atoms with Gasteiger partial charge in [-0.25, -0.2) is 0 Å². The highest BCUT2D eigenvalue weighted by atomic mass is 32.1. The van der Waals surface area contributed by atoms with Gasteiger partial charge in [-0.05, 0) is 35.2 Å². The molecular formula is C21H18NOS. The molecule has 0 aliphatic heterocycles. The van der Waals surface area contributed by atoms with Gasteiger partial charge < -0.3 is 0 Å². The second kappa shape index (κ2) is 7.45. The van der Waals surface area contributed by atoms with E-state index in [-0.39, 0.29) is 0 Å². The number of aromatic nitrogens is 1. The number of hydrogen-bond acceptors (Lipinski definition) is 3. The largest absolute Gasteiger partial charge is 0.290 e. The zero-order chi connectivity index (χ0) is 16.8. The highest BCUT2D eigenvalue weighted by Gasteiger charge is 2.37. The van der Waals surface area contributed by atoms with Crippen LogP contribution in [0.15, 0.2) is 85.2 Å². The van der Waals surface area contributed by atoms with Gasteiger partial charge in [0.25, 0.3) is 0 Å². The Morgan fingerprint density at radius 1 is 0.833 bits per heavy atom. The van der Waals surface area contributed by atoms with E-state index in [1.165, 1.54) is 0 Å². The van der Waals surface area contributed by atoms with Crippen molar-refractivity contribution in [1.29, 1.82) is 0 Å². The summed E-state index contributed by atoms with van der Waals surface area (Å²) in [5.74, 6) is 0. The topological polar surface area (TPSA) is 30.0 Å². The fraction of sp³-hybridized carbons (Fsp3) is 0.143. The molecule has 119 valence electrons. The average molecular weight is 332 g/mol. The summed E-state index contributed by atoms with van der Waals surface area (Å²) in [6.45, 7) is 0. The van der Waals surface area contributed by atoms with Crippen molar-refractivity contribution in [3.63, 3.8) is 0 Å². The fourth-order valence-corrected chi connectivity index (χ4v) is 3.54. The normalized spacial score (nSPS) is 12.5. The molecule has 0 aliphatic rings. The van der Waals surface area contributed by atoms with Crippen molar-refractivity contribution in [2.24, 2.45) is 0 Å². The Morgan fingerprint density at radius 3 is 1.75 bits per heavy atom. The average Bonchev–Trinajstić information content (AvgIpc) is 2.68. The maximum atomic E-state index is 11.3. The van der Waals surface area contributed by atoms with Crippen LogP contribution in [0.3, 0.4) is 0 Å². The van der Waals surface area contributed by atoms with Crippen molar-refractivity contribution in [3.05, 3.63) is 102 Å². The number of hydrogen-bond donors (Lipinski definition) is 1. The van der Waals surface area contributed by atoms with Crippen LogP contribution in [0.25, 0.3) is 0 Å². The van der Waals surface area contributed by atoms with E-state index in [9.17, 15) is 4.79 Å². The Balaban J connectivity index is 2.30. The first-order chi connectivity index (χ1) is 11.8. The van der Waals surface area contributed by atoms with Crippen LogP contribution < -0.4 is 0 Å². The van der Waals surface area contributed by atoms with Crippen molar-refractivity contribution < 1.29 is 4.79 Å². The highest BCUT2D eigenvalue weighted by molar-refractivity contribution is 7.81. The van der Waals surface area contributed by atoms with Crippen molar-refractivity contribution in [1.82, 2.24) is 4.98 Å². The molecule has 0 bridgehead atoms. The number of pyridine rings is 1. The van der Waals surface area contributed by atoms with Gasteiger partial charge in [0.15, 0.2) is 0 Å². The van der Waals surface area contributed by atoms with E-state index in [1.54, 1.807) is 12.4 Å². The van der Waals surface area contributed by atoms with E-state index < -0.39 is 10.7 Å². The molecule has 1 radical (unpaired) electrons. The van der Waals surface area contributed by atoms with Crippen LogP contribution >= 0.6 is 12.6 Å². The van der Waals surface area contributed by atoms with Gasteiger partial charge in [-0.1, -0.05) is 60.7 Å².